The van der Waals surface area contributed by atoms with Crippen molar-refractivity contribution in [3.8, 4) is 0 Å². The number of carbonyl (C=O) groups is 3. The van der Waals surface area contributed by atoms with Crippen molar-refractivity contribution in [3.05, 3.63) is 22.8 Å². The fraction of sp³-hybridized carbons (Fsp3) is 0.720. The SMILES string of the molecule is C[C@H](COC=O)[C@]1(C)C2=C(C[C@H]1OC=O)[C@@H]1CC=C3C[C@@H](OC=O)CC[C@]3(C)[C@H]1CC2. The van der Waals surface area contributed by atoms with Crippen molar-refractivity contribution in [2.75, 3.05) is 6.61 Å². The highest BCUT2D eigenvalue weighted by molar-refractivity contribution is 5.44. The number of hydrogen-bond donors (Lipinski definition) is 0. The number of rotatable bonds is 8. The van der Waals surface area contributed by atoms with Crippen LogP contribution in [0.25, 0.3) is 0 Å². The maximum absolute atomic E-state index is 11.3. The molecule has 4 aliphatic carbocycles. The Labute approximate surface area is 184 Å². The molecule has 4 aliphatic rings. The van der Waals surface area contributed by atoms with Gasteiger partial charge in [0, 0.05) is 24.2 Å². The monoisotopic (exact) mass is 430 g/mol. The molecule has 0 aliphatic heterocycles. The summed E-state index contributed by atoms with van der Waals surface area (Å²) in [4.78, 5) is 32.9. The van der Waals surface area contributed by atoms with Crippen LogP contribution in [0.4, 0.5) is 0 Å². The Hall–Kier alpha value is -2.11. The lowest BCUT2D eigenvalue weighted by Crippen LogP contribution is -2.45. The van der Waals surface area contributed by atoms with Crippen molar-refractivity contribution in [1.82, 2.24) is 0 Å². The second kappa shape index (κ2) is 8.44. The summed E-state index contributed by atoms with van der Waals surface area (Å²) in [7, 11) is 0. The largest absolute Gasteiger partial charge is 0.468 e. The van der Waals surface area contributed by atoms with Gasteiger partial charge in [-0.2, -0.15) is 0 Å². The van der Waals surface area contributed by atoms with E-state index in [2.05, 4.69) is 26.8 Å². The van der Waals surface area contributed by atoms with Gasteiger partial charge >= 0.3 is 0 Å². The fourth-order valence-corrected chi connectivity index (χ4v) is 7.33. The molecule has 0 aromatic heterocycles. The van der Waals surface area contributed by atoms with Crippen LogP contribution in [0, 0.1) is 28.6 Å². The van der Waals surface area contributed by atoms with E-state index in [0.717, 1.165) is 44.9 Å². The summed E-state index contributed by atoms with van der Waals surface area (Å²) in [5.74, 6) is 1.08. The minimum atomic E-state index is -0.315. The highest BCUT2D eigenvalue weighted by atomic mass is 16.5. The van der Waals surface area contributed by atoms with Crippen LogP contribution in [0.15, 0.2) is 22.8 Å². The highest BCUT2D eigenvalue weighted by Gasteiger charge is 2.56. The molecule has 170 valence electrons. The first-order chi connectivity index (χ1) is 14.9. The van der Waals surface area contributed by atoms with E-state index in [1.165, 1.54) is 16.7 Å². The summed E-state index contributed by atoms with van der Waals surface area (Å²) < 4.78 is 16.0. The Morgan fingerprint density at radius 2 is 1.87 bits per heavy atom. The molecule has 4 rings (SSSR count). The molecule has 1 fully saturated rings. The molecular formula is C25H34O6. The summed E-state index contributed by atoms with van der Waals surface area (Å²) in [6.45, 7) is 8.63. The smallest absolute Gasteiger partial charge is 0.293 e. The zero-order chi connectivity index (χ0) is 22.2. The van der Waals surface area contributed by atoms with Crippen LogP contribution >= 0.6 is 0 Å². The molecule has 6 nitrogen and oxygen atoms in total. The van der Waals surface area contributed by atoms with Crippen LogP contribution < -0.4 is 0 Å². The van der Waals surface area contributed by atoms with Crippen molar-refractivity contribution in [2.45, 2.75) is 77.9 Å². The topological polar surface area (TPSA) is 78.9 Å². The molecule has 0 N–H and O–H groups in total. The van der Waals surface area contributed by atoms with Gasteiger partial charge in [0.25, 0.3) is 19.4 Å². The summed E-state index contributed by atoms with van der Waals surface area (Å²) in [6.07, 6.45) is 8.85. The standard InChI is InChI=1S/C25H34O6/c1-16(12-29-13-26)25(3)22-7-6-21-19(20(22)11-23(25)31-15-28)5-4-17-10-18(30-14-27)8-9-24(17,21)2/h4,13-16,18-19,21,23H,5-12H2,1-3H3/t16-,18+,19+,21+,23-,24+,25-/m1/s1. The molecule has 31 heavy (non-hydrogen) atoms. The molecular weight excluding hydrogens is 396 g/mol. The first-order valence-corrected chi connectivity index (χ1v) is 11.6. The zero-order valence-corrected chi connectivity index (χ0v) is 18.8. The quantitative estimate of drug-likeness (QED) is 0.327. The molecule has 0 radical (unpaired) electrons. The van der Waals surface area contributed by atoms with E-state index in [-0.39, 0.29) is 29.0 Å². The van der Waals surface area contributed by atoms with Crippen molar-refractivity contribution >= 4 is 19.4 Å². The first kappa shape index (κ1) is 22.1. The lowest BCUT2D eigenvalue weighted by Gasteiger charge is -2.53. The lowest BCUT2D eigenvalue weighted by molar-refractivity contribution is -0.142. The zero-order valence-electron chi connectivity index (χ0n) is 18.8. The predicted molar refractivity (Wildman–Crippen MR) is 114 cm³/mol. The van der Waals surface area contributed by atoms with Crippen LogP contribution in [-0.2, 0) is 28.6 Å². The second-order valence-electron chi connectivity index (χ2n) is 10.3. The number of fused-ring (bicyclic) bond motifs is 4. The van der Waals surface area contributed by atoms with Gasteiger partial charge in [0.05, 0.1) is 6.61 Å². The van der Waals surface area contributed by atoms with Crippen molar-refractivity contribution in [2.24, 2.45) is 28.6 Å². The van der Waals surface area contributed by atoms with Gasteiger partial charge in [-0.1, -0.05) is 43.6 Å². The van der Waals surface area contributed by atoms with Gasteiger partial charge in [0.2, 0.25) is 0 Å². The summed E-state index contributed by atoms with van der Waals surface area (Å²) in [5.41, 5.74) is 4.15. The number of hydrogen-bond acceptors (Lipinski definition) is 6. The summed E-state index contributed by atoms with van der Waals surface area (Å²) in [6, 6.07) is 0. The summed E-state index contributed by atoms with van der Waals surface area (Å²) >= 11 is 0. The van der Waals surface area contributed by atoms with E-state index >= 15 is 0 Å². The third kappa shape index (κ3) is 3.42. The number of carbonyl (C=O) groups excluding carboxylic acids is 3. The normalized spacial score (nSPS) is 39.9. The minimum absolute atomic E-state index is 0.00514. The molecule has 0 amide bonds. The van der Waals surface area contributed by atoms with E-state index in [0.29, 0.717) is 37.9 Å². The Kier molecular flexibility index (Phi) is 6.01. The van der Waals surface area contributed by atoms with E-state index in [9.17, 15) is 14.4 Å². The second-order valence-corrected chi connectivity index (χ2v) is 10.3. The number of allylic oxidation sites excluding steroid dienone is 1. The van der Waals surface area contributed by atoms with Crippen molar-refractivity contribution in [1.29, 1.82) is 0 Å². The van der Waals surface area contributed by atoms with Gasteiger partial charge in [-0.25, -0.2) is 0 Å². The molecule has 6 heteroatoms. The average molecular weight is 431 g/mol. The molecule has 0 bridgehead atoms. The van der Waals surface area contributed by atoms with Crippen LogP contribution in [0.2, 0.25) is 0 Å². The molecule has 0 heterocycles. The third-order valence-electron chi connectivity index (χ3n) is 9.26. The van der Waals surface area contributed by atoms with Gasteiger partial charge in [-0.05, 0) is 49.4 Å². The molecule has 7 atom stereocenters. The summed E-state index contributed by atoms with van der Waals surface area (Å²) in [5, 5.41) is 0. The Balaban J connectivity index is 1.65. The van der Waals surface area contributed by atoms with E-state index in [4.69, 9.17) is 14.2 Å². The molecule has 0 spiro atoms. The first-order valence-electron chi connectivity index (χ1n) is 11.6. The average Bonchev–Trinajstić information content (AvgIpc) is 3.06. The van der Waals surface area contributed by atoms with Crippen LogP contribution in [0.3, 0.4) is 0 Å². The van der Waals surface area contributed by atoms with Crippen molar-refractivity contribution in [3.63, 3.8) is 0 Å². The minimum Gasteiger partial charge on any atom is -0.468 e. The lowest BCUT2D eigenvalue weighted by atomic mass is 9.52. The van der Waals surface area contributed by atoms with E-state index < -0.39 is 0 Å². The van der Waals surface area contributed by atoms with Crippen LogP contribution in [0.5, 0.6) is 0 Å². The molecule has 0 saturated heterocycles. The molecule has 0 aromatic rings. The molecule has 1 saturated carbocycles. The maximum atomic E-state index is 11.3. The molecule has 0 unspecified atom stereocenters. The van der Waals surface area contributed by atoms with Crippen molar-refractivity contribution < 1.29 is 28.6 Å². The third-order valence-corrected chi connectivity index (χ3v) is 9.26. The Morgan fingerprint density at radius 3 is 2.58 bits per heavy atom. The Morgan fingerprint density at radius 1 is 1.10 bits per heavy atom. The predicted octanol–water partition coefficient (Wildman–Crippen LogP) is 4.13. The van der Waals surface area contributed by atoms with E-state index in [1.54, 1.807) is 0 Å². The van der Waals surface area contributed by atoms with Gasteiger partial charge in [-0.3, -0.25) is 14.4 Å². The van der Waals surface area contributed by atoms with Gasteiger partial charge < -0.3 is 14.2 Å². The Bertz CT molecular complexity index is 800. The van der Waals surface area contributed by atoms with Crippen LogP contribution in [0.1, 0.15) is 65.7 Å². The van der Waals surface area contributed by atoms with Gasteiger partial charge in [0.15, 0.2) is 0 Å². The fourth-order valence-electron chi connectivity index (χ4n) is 7.33. The van der Waals surface area contributed by atoms with E-state index in [1.807, 2.05) is 0 Å². The molecule has 0 aromatic carbocycles. The van der Waals surface area contributed by atoms with Gasteiger partial charge in [0.1, 0.15) is 12.2 Å². The number of ether oxygens (including phenoxy) is 3. The van der Waals surface area contributed by atoms with Crippen LogP contribution in [-0.4, -0.2) is 38.2 Å². The highest BCUT2D eigenvalue weighted by Crippen LogP contribution is 2.63. The maximum Gasteiger partial charge on any atom is 0.293 e. The van der Waals surface area contributed by atoms with Gasteiger partial charge in [-0.15, -0.1) is 0 Å².